The Kier molecular flexibility index (Phi) is 5.65. The highest BCUT2D eigenvalue weighted by Crippen LogP contribution is 2.18. The van der Waals surface area contributed by atoms with E-state index in [2.05, 4.69) is 15.9 Å². The molecule has 0 N–H and O–H groups in total. The topological polar surface area (TPSA) is 18.5 Å². The van der Waals surface area contributed by atoms with Gasteiger partial charge >= 0.3 is 0 Å². The summed E-state index contributed by atoms with van der Waals surface area (Å²) in [5, 5.41) is 0.618. The largest absolute Gasteiger partial charge is 0.491 e. The number of rotatable bonds is 6. The lowest BCUT2D eigenvalue weighted by atomic mass is 10.2. The number of hydrogen-bond donors (Lipinski definition) is 0. The van der Waals surface area contributed by atoms with Crippen molar-refractivity contribution >= 4 is 15.9 Å². The summed E-state index contributed by atoms with van der Waals surface area (Å²) in [5.74, 6) is 0.266. The lowest BCUT2D eigenvalue weighted by Crippen LogP contribution is -2.06. The molecule has 4 heteroatoms. The normalized spacial score (nSPS) is 10.3. The maximum absolute atomic E-state index is 13.1. The molecule has 1 rings (SSSR count). The third kappa shape index (κ3) is 4.62. The number of benzene rings is 1. The molecule has 0 fully saturated rings. The molecule has 0 radical (unpaired) electrons. The molecule has 0 spiro atoms. The van der Waals surface area contributed by atoms with Crippen molar-refractivity contribution < 1.29 is 13.9 Å². The van der Waals surface area contributed by atoms with Gasteiger partial charge in [0.2, 0.25) is 0 Å². The minimum Gasteiger partial charge on any atom is -0.491 e. The maximum atomic E-state index is 13.1. The van der Waals surface area contributed by atoms with Crippen LogP contribution in [0.1, 0.15) is 12.5 Å². The highest BCUT2D eigenvalue weighted by Gasteiger charge is 2.00. The van der Waals surface area contributed by atoms with E-state index in [9.17, 15) is 4.39 Å². The van der Waals surface area contributed by atoms with Crippen molar-refractivity contribution in [2.75, 3.05) is 19.8 Å². The van der Waals surface area contributed by atoms with E-state index in [-0.39, 0.29) is 5.82 Å². The van der Waals surface area contributed by atoms with E-state index in [1.54, 1.807) is 0 Å². The van der Waals surface area contributed by atoms with Gasteiger partial charge in [0.15, 0.2) is 0 Å². The Balaban J connectivity index is 2.49. The second-order valence-electron chi connectivity index (χ2n) is 2.97. The molecule has 0 atom stereocenters. The summed E-state index contributed by atoms with van der Waals surface area (Å²) in [4.78, 5) is 0. The van der Waals surface area contributed by atoms with Gasteiger partial charge in [0, 0.05) is 18.0 Å². The van der Waals surface area contributed by atoms with Crippen molar-refractivity contribution in [1.29, 1.82) is 0 Å². The Hall–Kier alpha value is -0.610. The predicted molar refractivity (Wildman–Crippen MR) is 61.0 cm³/mol. The molecule has 0 saturated carbocycles. The van der Waals surface area contributed by atoms with Gasteiger partial charge in [-0.25, -0.2) is 4.39 Å². The zero-order chi connectivity index (χ0) is 11.1. The van der Waals surface area contributed by atoms with Crippen molar-refractivity contribution in [2.24, 2.45) is 0 Å². The molecular formula is C11H14BrFO2. The highest BCUT2D eigenvalue weighted by atomic mass is 79.9. The molecule has 0 unspecified atom stereocenters. The van der Waals surface area contributed by atoms with Gasteiger partial charge in [0.25, 0.3) is 0 Å². The fourth-order valence-electron chi connectivity index (χ4n) is 1.14. The van der Waals surface area contributed by atoms with Gasteiger partial charge in [-0.15, -0.1) is 0 Å². The molecule has 0 aliphatic carbocycles. The van der Waals surface area contributed by atoms with Crippen LogP contribution < -0.4 is 4.74 Å². The first-order valence-corrected chi connectivity index (χ1v) is 5.94. The third-order valence-corrected chi connectivity index (χ3v) is 2.43. The monoisotopic (exact) mass is 276 g/mol. The van der Waals surface area contributed by atoms with Crippen LogP contribution in [-0.4, -0.2) is 19.8 Å². The van der Waals surface area contributed by atoms with Crippen LogP contribution in [0.15, 0.2) is 18.2 Å². The number of ether oxygens (including phenoxy) is 2. The molecule has 0 aliphatic rings. The minimum atomic E-state index is -0.279. The predicted octanol–water partition coefficient (Wildman–Crippen LogP) is 3.14. The molecular weight excluding hydrogens is 263 g/mol. The van der Waals surface area contributed by atoms with E-state index in [1.165, 1.54) is 12.1 Å². The zero-order valence-corrected chi connectivity index (χ0v) is 10.2. The van der Waals surface area contributed by atoms with Crippen molar-refractivity contribution in [3.8, 4) is 5.75 Å². The van der Waals surface area contributed by atoms with Gasteiger partial charge in [-0.3, -0.25) is 0 Å². The minimum absolute atomic E-state index is 0.279. The molecule has 0 aromatic heterocycles. The third-order valence-electron chi connectivity index (χ3n) is 1.79. The van der Waals surface area contributed by atoms with Gasteiger partial charge in [0.1, 0.15) is 18.2 Å². The zero-order valence-electron chi connectivity index (χ0n) is 8.63. The molecule has 0 heterocycles. The smallest absolute Gasteiger partial charge is 0.127 e. The molecule has 0 saturated heterocycles. The fraction of sp³-hybridized carbons (Fsp3) is 0.455. The number of alkyl halides is 1. The molecule has 0 aliphatic heterocycles. The van der Waals surface area contributed by atoms with E-state index in [1.807, 2.05) is 13.0 Å². The van der Waals surface area contributed by atoms with Crippen molar-refractivity contribution in [2.45, 2.75) is 12.3 Å². The van der Waals surface area contributed by atoms with Gasteiger partial charge in [-0.2, -0.15) is 0 Å². The molecule has 84 valence electrons. The van der Waals surface area contributed by atoms with Crippen molar-refractivity contribution in [1.82, 2.24) is 0 Å². The van der Waals surface area contributed by atoms with E-state index >= 15 is 0 Å². The summed E-state index contributed by atoms with van der Waals surface area (Å²) in [6, 6.07) is 4.66. The summed E-state index contributed by atoms with van der Waals surface area (Å²) in [6.07, 6.45) is 0. The Morgan fingerprint density at radius 1 is 1.27 bits per heavy atom. The summed E-state index contributed by atoms with van der Waals surface area (Å²) in [5.41, 5.74) is 0.862. The molecule has 1 aromatic carbocycles. The molecule has 0 bridgehead atoms. The lowest BCUT2D eigenvalue weighted by Gasteiger charge is -2.07. The molecule has 0 amide bonds. The van der Waals surface area contributed by atoms with Crippen molar-refractivity contribution in [3.05, 3.63) is 29.6 Å². The van der Waals surface area contributed by atoms with Gasteiger partial charge < -0.3 is 9.47 Å². The van der Waals surface area contributed by atoms with Crippen LogP contribution in [0.5, 0.6) is 5.75 Å². The van der Waals surface area contributed by atoms with Crippen LogP contribution in [0, 0.1) is 5.82 Å². The van der Waals surface area contributed by atoms with Crippen LogP contribution in [-0.2, 0) is 10.1 Å². The Bertz CT molecular complexity index is 305. The first kappa shape index (κ1) is 12.5. The first-order valence-electron chi connectivity index (χ1n) is 4.82. The van der Waals surface area contributed by atoms with E-state index in [0.717, 1.165) is 5.56 Å². The lowest BCUT2D eigenvalue weighted by molar-refractivity contribution is 0.110. The summed E-state index contributed by atoms with van der Waals surface area (Å²) in [6.45, 7) is 3.56. The number of halogens is 2. The number of hydrogen-bond acceptors (Lipinski definition) is 2. The Morgan fingerprint density at radius 3 is 2.73 bits per heavy atom. The van der Waals surface area contributed by atoms with E-state index < -0.39 is 0 Å². The summed E-state index contributed by atoms with van der Waals surface area (Å²) < 4.78 is 23.5. The van der Waals surface area contributed by atoms with Crippen LogP contribution in [0.3, 0.4) is 0 Å². The molecule has 15 heavy (non-hydrogen) atoms. The average molecular weight is 277 g/mol. The van der Waals surface area contributed by atoms with Gasteiger partial charge in [-0.1, -0.05) is 15.9 Å². The summed E-state index contributed by atoms with van der Waals surface area (Å²) >= 11 is 3.27. The standard InChI is InChI=1S/C11H14BrFO2/c1-2-14-3-4-15-11-6-9(8-12)5-10(13)7-11/h5-7H,2-4,8H2,1H3. The van der Waals surface area contributed by atoms with E-state index in [0.29, 0.717) is 30.9 Å². The molecule has 1 aromatic rings. The van der Waals surface area contributed by atoms with Crippen LogP contribution >= 0.6 is 15.9 Å². The first-order chi connectivity index (χ1) is 7.26. The molecule has 2 nitrogen and oxygen atoms in total. The van der Waals surface area contributed by atoms with Gasteiger partial charge in [-0.05, 0) is 24.6 Å². The van der Waals surface area contributed by atoms with Crippen LogP contribution in [0.2, 0.25) is 0 Å². The Labute approximate surface area is 97.5 Å². The Morgan fingerprint density at radius 2 is 2.07 bits per heavy atom. The fourth-order valence-corrected chi connectivity index (χ4v) is 1.47. The SMILES string of the molecule is CCOCCOc1cc(F)cc(CBr)c1. The second-order valence-corrected chi connectivity index (χ2v) is 3.53. The van der Waals surface area contributed by atoms with Crippen molar-refractivity contribution in [3.63, 3.8) is 0 Å². The van der Waals surface area contributed by atoms with E-state index in [4.69, 9.17) is 9.47 Å². The second kappa shape index (κ2) is 6.80. The van der Waals surface area contributed by atoms with Gasteiger partial charge in [0.05, 0.1) is 6.61 Å². The maximum Gasteiger partial charge on any atom is 0.127 e. The highest BCUT2D eigenvalue weighted by molar-refractivity contribution is 9.08. The van der Waals surface area contributed by atoms with Crippen LogP contribution in [0.4, 0.5) is 4.39 Å². The summed E-state index contributed by atoms with van der Waals surface area (Å²) in [7, 11) is 0. The quantitative estimate of drug-likeness (QED) is 0.587. The van der Waals surface area contributed by atoms with Crippen LogP contribution in [0.25, 0.3) is 0 Å². The average Bonchev–Trinajstić information content (AvgIpc) is 2.23.